The fourth-order valence-electron chi connectivity index (χ4n) is 1.73. The number of amides is 1. The van der Waals surface area contributed by atoms with Gasteiger partial charge in [0.25, 0.3) is 0 Å². The lowest BCUT2D eigenvalue weighted by atomic mass is 9.83. The van der Waals surface area contributed by atoms with Crippen LogP contribution < -0.4 is 5.32 Å². The Kier molecular flexibility index (Phi) is 5.17. The van der Waals surface area contributed by atoms with E-state index in [-0.39, 0.29) is 18.6 Å². The predicted octanol–water partition coefficient (Wildman–Crippen LogP) is 2.50. The van der Waals surface area contributed by atoms with Gasteiger partial charge in [-0.25, -0.2) is 0 Å². The monoisotopic (exact) mass is 269 g/mol. The van der Waals surface area contributed by atoms with E-state index in [0.717, 1.165) is 5.56 Å². The summed E-state index contributed by atoms with van der Waals surface area (Å²) in [5.74, 6) is -0.128. The summed E-state index contributed by atoms with van der Waals surface area (Å²) in [6.45, 7) is 5.52. The van der Waals surface area contributed by atoms with Gasteiger partial charge in [0.05, 0.1) is 18.1 Å². The summed E-state index contributed by atoms with van der Waals surface area (Å²) >= 11 is 6.13. The van der Waals surface area contributed by atoms with Gasteiger partial charge >= 0.3 is 0 Å². The summed E-state index contributed by atoms with van der Waals surface area (Å²) < 4.78 is 0. The quantitative estimate of drug-likeness (QED) is 0.863. The highest BCUT2D eigenvalue weighted by atomic mass is 35.5. The van der Waals surface area contributed by atoms with Gasteiger partial charge in [0.1, 0.15) is 0 Å². The van der Waals surface area contributed by atoms with E-state index >= 15 is 0 Å². The first kappa shape index (κ1) is 15.0. The van der Waals surface area contributed by atoms with Crippen LogP contribution in [0.4, 0.5) is 0 Å². The highest BCUT2D eigenvalue weighted by molar-refractivity contribution is 6.31. The Balaban J connectivity index is 2.93. The molecule has 1 amide bonds. The molecule has 1 aromatic carbocycles. The Bertz CT molecular complexity index is 414. The Labute approximate surface area is 113 Å². The van der Waals surface area contributed by atoms with Crippen molar-refractivity contribution in [3.63, 3.8) is 0 Å². The zero-order chi connectivity index (χ0) is 13.8. The highest BCUT2D eigenvalue weighted by Gasteiger charge is 2.32. The van der Waals surface area contributed by atoms with E-state index in [2.05, 4.69) is 5.32 Å². The third kappa shape index (κ3) is 3.24. The number of benzene rings is 1. The molecule has 0 spiro atoms. The van der Waals surface area contributed by atoms with Crippen LogP contribution in [-0.4, -0.2) is 23.7 Å². The van der Waals surface area contributed by atoms with Crippen LogP contribution in [0.25, 0.3) is 0 Å². The number of aliphatic hydroxyl groups excluding tert-OH is 1. The van der Waals surface area contributed by atoms with Crippen molar-refractivity contribution in [1.29, 1.82) is 0 Å². The lowest BCUT2D eigenvalue weighted by Gasteiger charge is -2.27. The van der Waals surface area contributed by atoms with Crippen LogP contribution in [0.1, 0.15) is 32.8 Å². The highest BCUT2D eigenvalue weighted by Crippen LogP contribution is 2.29. The Hall–Kier alpha value is -1.06. The van der Waals surface area contributed by atoms with Crippen LogP contribution >= 0.6 is 11.6 Å². The number of nitrogens with one attached hydrogen (secondary N) is 1. The van der Waals surface area contributed by atoms with E-state index in [1.54, 1.807) is 6.07 Å². The molecule has 0 heterocycles. The third-order valence-electron chi connectivity index (χ3n) is 3.16. The van der Waals surface area contributed by atoms with E-state index in [4.69, 9.17) is 16.7 Å². The zero-order valence-corrected chi connectivity index (χ0v) is 11.8. The van der Waals surface area contributed by atoms with Crippen molar-refractivity contribution in [2.45, 2.75) is 38.6 Å². The van der Waals surface area contributed by atoms with Gasteiger partial charge in [-0.3, -0.25) is 4.79 Å². The molecule has 0 saturated carbocycles. The van der Waals surface area contributed by atoms with Gasteiger partial charge in [-0.1, -0.05) is 36.7 Å². The van der Waals surface area contributed by atoms with Crippen LogP contribution in [0.15, 0.2) is 24.3 Å². The SMILES string of the molecule is CCC(CO)NC(=O)C(C)(C)c1ccccc1Cl. The maximum Gasteiger partial charge on any atom is 0.230 e. The summed E-state index contributed by atoms with van der Waals surface area (Å²) in [5.41, 5.74) is 0.0676. The van der Waals surface area contributed by atoms with Crippen LogP contribution in [0.3, 0.4) is 0 Å². The topological polar surface area (TPSA) is 49.3 Å². The number of hydrogen-bond acceptors (Lipinski definition) is 2. The second-order valence-electron chi connectivity index (χ2n) is 4.87. The van der Waals surface area contributed by atoms with Crippen LogP contribution in [-0.2, 0) is 10.2 Å². The summed E-state index contributed by atoms with van der Waals surface area (Å²) in [4.78, 5) is 12.3. The van der Waals surface area contributed by atoms with E-state index in [9.17, 15) is 4.79 Å². The molecule has 0 bridgehead atoms. The van der Waals surface area contributed by atoms with E-state index < -0.39 is 5.41 Å². The van der Waals surface area contributed by atoms with Gasteiger partial charge in [-0.15, -0.1) is 0 Å². The second kappa shape index (κ2) is 6.21. The van der Waals surface area contributed by atoms with Crippen molar-refractivity contribution in [2.24, 2.45) is 0 Å². The van der Waals surface area contributed by atoms with Crippen molar-refractivity contribution in [3.05, 3.63) is 34.9 Å². The number of rotatable bonds is 5. The summed E-state index contributed by atoms with van der Waals surface area (Å²) in [5, 5.41) is 12.5. The summed E-state index contributed by atoms with van der Waals surface area (Å²) in [6, 6.07) is 7.11. The average molecular weight is 270 g/mol. The molecule has 18 heavy (non-hydrogen) atoms. The van der Waals surface area contributed by atoms with Gasteiger partial charge in [-0.05, 0) is 31.9 Å². The summed E-state index contributed by atoms with van der Waals surface area (Å²) in [7, 11) is 0. The molecule has 0 radical (unpaired) electrons. The molecular formula is C14H20ClNO2. The standard InChI is InChI=1S/C14H20ClNO2/c1-4-10(9-17)16-13(18)14(2,3)11-7-5-6-8-12(11)15/h5-8,10,17H,4,9H2,1-3H3,(H,16,18). The van der Waals surface area contributed by atoms with Crippen LogP contribution in [0.2, 0.25) is 5.02 Å². The molecule has 1 rings (SSSR count). The predicted molar refractivity (Wildman–Crippen MR) is 73.8 cm³/mol. The third-order valence-corrected chi connectivity index (χ3v) is 3.49. The lowest BCUT2D eigenvalue weighted by Crippen LogP contribution is -2.46. The number of hydrogen-bond donors (Lipinski definition) is 2. The largest absolute Gasteiger partial charge is 0.394 e. The number of carbonyl (C=O) groups excluding carboxylic acids is 1. The van der Waals surface area contributed by atoms with Crippen molar-refractivity contribution in [2.75, 3.05) is 6.61 Å². The van der Waals surface area contributed by atoms with Gasteiger partial charge in [0.15, 0.2) is 0 Å². The Morgan fingerprint density at radius 3 is 2.56 bits per heavy atom. The molecule has 0 fully saturated rings. The minimum absolute atomic E-state index is 0.0547. The minimum atomic E-state index is -0.721. The van der Waals surface area contributed by atoms with Crippen molar-refractivity contribution < 1.29 is 9.90 Å². The molecule has 0 aliphatic heterocycles. The molecule has 4 heteroatoms. The number of aliphatic hydroxyl groups is 1. The van der Waals surface area contributed by atoms with Crippen molar-refractivity contribution in [1.82, 2.24) is 5.32 Å². The normalized spacial score (nSPS) is 13.2. The molecule has 1 atom stereocenters. The second-order valence-corrected chi connectivity index (χ2v) is 5.27. The molecule has 0 saturated heterocycles. The maximum atomic E-state index is 12.3. The van der Waals surface area contributed by atoms with Gasteiger partial charge in [0, 0.05) is 5.02 Å². The lowest BCUT2D eigenvalue weighted by molar-refractivity contribution is -0.126. The molecular weight excluding hydrogens is 250 g/mol. The maximum absolute atomic E-state index is 12.3. The summed E-state index contributed by atoms with van der Waals surface area (Å²) in [6.07, 6.45) is 0.695. The number of halogens is 1. The van der Waals surface area contributed by atoms with Crippen molar-refractivity contribution in [3.8, 4) is 0 Å². The molecule has 3 nitrogen and oxygen atoms in total. The van der Waals surface area contributed by atoms with Gasteiger partial charge in [-0.2, -0.15) is 0 Å². The number of carbonyl (C=O) groups is 1. The molecule has 0 aromatic heterocycles. The van der Waals surface area contributed by atoms with E-state index in [0.29, 0.717) is 11.4 Å². The van der Waals surface area contributed by atoms with E-state index in [1.165, 1.54) is 0 Å². The first-order valence-electron chi connectivity index (χ1n) is 6.10. The van der Waals surface area contributed by atoms with Crippen LogP contribution in [0.5, 0.6) is 0 Å². The smallest absolute Gasteiger partial charge is 0.230 e. The van der Waals surface area contributed by atoms with Crippen molar-refractivity contribution >= 4 is 17.5 Å². The first-order valence-corrected chi connectivity index (χ1v) is 6.48. The molecule has 0 aliphatic carbocycles. The fraction of sp³-hybridized carbons (Fsp3) is 0.500. The van der Waals surface area contributed by atoms with Crippen LogP contribution in [0, 0.1) is 0 Å². The zero-order valence-electron chi connectivity index (χ0n) is 11.0. The molecule has 2 N–H and O–H groups in total. The molecule has 100 valence electrons. The molecule has 1 aromatic rings. The van der Waals surface area contributed by atoms with Gasteiger partial charge in [0.2, 0.25) is 5.91 Å². The van der Waals surface area contributed by atoms with E-state index in [1.807, 2.05) is 39.0 Å². The Morgan fingerprint density at radius 1 is 1.44 bits per heavy atom. The molecule has 0 aliphatic rings. The average Bonchev–Trinajstić information content (AvgIpc) is 2.35. The fourth-order valence-corrected chi connectivity index (χ4v) is 2.10. The Morgan fingerprint density at radius 2 is 2.06 bits per heavy atom. The minimum Gasteiger partial charge on any atom is -0.394 e. The molecule has 1 unspecified atom stereocenters. The first-order chi connectivity index (χ1) is 8.43. The van der Waals surface area contributed by atoms with Gasteiger partial charge < -0.3 is 10.4 Å².